The van der Waals surface area contributed by atoms with Gasteiger partial charge in [0.1, 0.15) is 60.9 Å². The Balaban J connectivity index is 0.0000121. The number of amides is 2. The maximum absolute atomic E-state index is 15.1. The van der Waals surface area contributed by atoms with Gasteiger partial charge >= 0.3 is 31.7 Å². The number of phosphoric ester groups is 1. The van der Waals surface area contributed by atoms with E-state index in [0.29, 0.717) is 51.4 Å². The Hall–Kier alpha value is -3.39. The maximum Gasteiger partial charge on any atom is 0.470 e. The smallest absolute Gasteiger partial charge is 0.462 e. The van der Waals surface area contributed by atoms with Crippen LogP contribution in [0, 0.1) is 0 Å². The van der Waals surface area contributed by atoms with Crippen molar-refractivity contribution in [3.05, 3.63) is 0 Å². The molecule has 0 aliphatic carbocycles. The van der Waals surface area contributed by atoms with Crippen LogP contribution in [0.1, 0.15) is 544 Å². The number of rotatable bonds is 93. The van der Waals surface area contributed by atoms with Crippen LogP contribution >= 0.6 is 7.82 Å². The first-order valence-corrected chi connectivity index (χ1v) is 57.5. The number of carbonyl (C=O) groups excluding carboxylic acids is 6. The summed E-state index contributed by atoms with van der Waals surface area (Å²) >= 11 is 0. The van der Waals surface area contributed by atoms with Gasteiger partial charge in [-0.1, -0.05) is 448 Å². The molecule has 24 nitrogen and oxygen atoms in total. The molecular weight excluding hydrogens is 1710 g/mol. The van der Waals surface area contributed by atoms with Gasteiger partial charge in [0, 0.05) is 19.3 Å². The summed E-state index contributed by atoms with van der Waals surface area (Å²) in [6, 6.07) is -3.38. The summed E-state index contributed by atoms with van der Waals surface area (Å²) in [6.45, 7) is 21.6. The Kier molecular flexibility index (Phi) is 86.3. The second-order valence-corrected chi connectivity index (χ2v) is 40.4. The molecule has 0 saturated carbocycles. The van der Waals surface area contributed by atoms with Gasteiger partial charge in [-0.25, -0.2) is 4.57 Å². The van der Waals surface area contributed by atoms with E-state index in [1.807, 2.05) is 0 Å². The van der Waals surface area contributed by atoms with Gasteiger partial charge in [0.15, 0.2) is 18.7 Å². The number of phosphoric acid groups is 1. The Labute approximate surface area is 812 Å². The van der Waals surface area contributed by atoms with Crippen LogP contribution in [0.25, 0.3) is 0 Å². The average Bonchev–Trinajstić information content (AvgIpc) is 0.776. The third kappa shape index (κ3) is 72.5. The minimum absolute atomic E-state index is 0.125. The molecule has 0 spiro atoms. The summed E-state index contributed by atoms with van der Waals surface area (Å²) in [7, 11) is -5.59. The summed E-state index contributed by atoms with van der Waals surface area (Å²) in [5.41, 5.74) is 0. The molecule has 0 radical (unpaired) electrons. The van der Waals surface area contributed by atoms with E-state index >= 15 is 4.79 Å². The fourth-order valence-electron chi connectivity index (χ4n) is 18.4. The van der Waals surface area contributed by atoms with Gasteiger partial charge in [-0.15, -0.1) is 0 Å². The highest BCUT2D eigenvalue weighted by Gasteiger charge is 2.54. The highest BCUT2D eigenvalue weighted by atomic mass is 31.2. The Morgan fingerprint density at radius 2 is 0.586 bits per heavy atom. The van der Waals surface area contributed by atoms with Crippen LogP contribution in [-0.4, -0.2) is 183 Å². The van der Waals surface area contributed by atoms with Crippen molar-refractivity contribution >= 4 is 43.5 Å². The number of unbranched alkanes of at least 4 members (excludes halogenated alkanes) is 60. The zero-order valence-electron chi connectivity index (χ0n) is 86.8. The van der Waals surface area contributed by atoms with Crippen molar-refractivity contribution < 1.29 is 101 Å². The van der Waals surface area contributed by atoms with Crippen molar-refractivity contribution in [2.45, 2.75) is 623 Å². The molecule has 0 aromatic carbocycles. The molecular formula is C108H208N3O21P. The number of hydrogen-bond acceptors (Lipinski definition) is 20. The van der Waals surface area contributed by atoms with E-state index in [9.17, 15) is 58.8 Å². The van der Waals surface area contributed by atoms with Crippen LogP contribution in [0.3, 0.4) is 0 Å². The fourth-order valence-corrected chi connectivity index (χ4v) is 19.0. The second-order valence-electron chi connectivity index (χ2n) is 39.2. The van der Waals surface area contributed by atoms with Crippen molar-refractivity contribution in [1.82, 2.24) is 15.5 Å². The number of ether oxygens (including phenoxy) is 7. The normalized spacial score (nSPS) is 19.3. The predicted molar refractivity (Wildman–Crippen MR) is 539 cm³/mol. The molecule has 0 bridgehead atoms. The minimum atomic E-state index is -5.59. The number of nitrogens with zero attached hydrogens (tertiary/aromatic N) is 1. The summed E-state index contributed by atoms with van der Waals surface area (Å²) in [6.07, 6.45) is 54.9. The molecule has 0 aromatic rings. The Morgan fingerprint density at radius 3 is 0.850 bits per heavy atom. The minimum Gasteiger partial charge on any atom is -0.462 e. The zero-order chi connectivity index (χ0) is 97.7. The molecule has 25 heteroatoms. The number of carbonyl (C=O) groups is 6. The number of esters is 4. The van der Waals surface area contributed by atoms with E-state index in [2.05, 4.69) is 77.8 Å². The first-order chi connectivity index (χ1) is 64.6. The Bertz CT molecular complexity index is 2730. The molecule has 133 heavy (non-hydrogen) atoms. The molecule has 0 aromatic heterocycles. The zero-order valence-corrected chi connectivity index (χ0v) is 87.7. The van der Waals surface area contributed by atoms with Crippen molar-refractivity contribution in [2.75, 3.05) is 32.8 Å². The van der Waals surface area contributed by atoms with E-state index in [0.717, 1.165) is 173 Å². The number of nitrogens with one attached hydrogen (secondary N) is 2. The molecule has 2 rings (SSSR count). The molecule has 2 amide bonds. The summed E-state index contributed by atoms with van der Waals surface area (Å²) in [5, 5.41) is 52.0. The van der Waals surface area contributed by atoms with E-state index in [1.54, 1.807) is 0 Å². The largest absolute Gasteiger partial charge is 0.470 e. The SMILES string of the molecule is CCCCCCCCCCCCCCCCCC(=O)O[C@H](CCCCCCCCCCC)CC(=O)N[C@H]1[C@H](OC[C@H]2OC(O)[C@H](NC(=O)C[C@@H](CCCCCCCCCCC)OC(=O)CCCCCCCCCCCCCCC)[C@@H](O)[C@@H]2O)O[C@H](CO)[C@@H](OP(=O)(O)O)[C@@H]1OC(=O)C[C@@H](CCCCCCCCCCC)OC(=O)CCCCCCCCCCCCC.CCN(CC)CC. The number of aliphatic hydroxyl groups excluding tert-OH is 4. The van der Waals surface area contributed by atoms with Crippen molar-refractivity contribution in [3.63, 3.8) is 0 Å². The molecule has 2 fully saturated rings. The maximum atomic E-state index is 15.1. The van der Waals surface area contributed by atoms with Crippen LogP contribution < -0.4 is 10.6 Å². The van der Waals surface area contributed by atoms with Gasteiger partial charge in [-0.2, -0.15) is 0 Å². The quantitative estimate of drug-likeness (QED) is 0.0121. The Morgan fingerprint density at radius 1 is 0.323 bits per heavy atom. The lowest BCUT2D eigenvalue weighted by Crippen LogP contribution is -2.67. The van der Waals surface area contributed by atoms with Crippen LogP contribution in [0.2, 0.25) is 0 Å². The molecule has 13 atom stereocenters. The molecule has 1 unspecified atom stereocenters. The van der Waals surface area contributed by atoms with Crippen LogP contribution in [0.5, 0.6) is 0 Å². The third-order valence-electron chi connectivity index (χ3n) is 27.0. The standard InChI is InChI=1S/C102H193N2O21P.C6H15N/c1-7-13-19-25-31-37-40-42-43-45-48-54-60-65-71-77-92(109)120-85(74-68-62-56-50-35-29-23-17-11-5)80-90(107)104-96-100(124-94(111)81-86(75-69-63-57-51-36-30-24-18-12-6)121-93(110)78-72-66-58-52-46-39-33-27-21-15-9-3)99(125-126(115,116)117)87(82-105)123-102(96)118-83-88-97(112)98(113)95(101(114)122-88)103-89(106)79-84(73-67-61-55-49-34-28-22-16-10-4)119-91(108)76-70-64-59-53-47-44-41-38-32-26-20-14-8-2;1-4-7(5-2)6-3/h84-88,95-102,105,112-114H,7-83H2,1-6H3,(H,103,106)(H,104,107)(H2,115,116,117);4-6H2,1-3H3/t84-,85-,86-,87-,88-,95-,96-,97-,98-,99-,100-,101?,102-;/m1./s1. The lowest BCUT2D eigenvalue weighted by Gasteiger charge is -2.46. The molecule has 8 N–H and O–H groups in total. The van der Waals surface area contributed by atoms with Gasteiger partial charge in [-0.3, -0.25) is 33.3 Å². The third-order valence-corrected chi connectivity index (χ3v) is 27.5. The molecule has 2 saturated heterocycles. The topological polar surface area (TPSA) is 342 Å². The van der Waals surface area contributed by atoms with E-state index in [-0.39, 0.29) is 32.1 Å². The molecule has 2 aliphatic rings. The highest BCUT2D eigenvalue weighted by molar-refractivity contribution is 7.46. The first-order valence-electron chi connectivity index (χ1n) is 56.0. The monoisotopic (exact) mass is 1910 g/mol. The van der Waals surface area contributed by atoms with Crippen molar-refractivity contribution in [3.8, 4) is 0 Å². The molecule has 2 heterocycles. The van der Waals surface area contributed by atoms with Gasteiger partial charge in [0.2, 0.25) is 11.8 Å². The molecule has 2 aliphatic heterocycles. The van der Waals surface area contributed by atoms with Gasteiger partial charge in [-0.05, 0) is 77.4 Å². The van der Waals surface area contributed by atoms with Crippen LogP contribution in [0.15, 0.2) is 0 Å². The van der Waals surface area contributed by atoms with E-state index < -0.39 is 149 Å². The summed E-state index contributed by atoms with van der Waals surface area (Å²) in [5.74, 6) is -3.83. The average molecular weight is 1920 g/mol. The van der Waals surface area contributed by atoms with Crippen LogP contribution in [0.4, 0.5) is 0 Å². The number of hydrogen-bond donors (Lipinski definition) is 8. The van der Waals surface area contributed by atoms with Gasteiger partial charge in [0.25, 0.3) is 0 Å². The summed E-state index contributed by atoms with van der Waals surface area (Å²) in [4.78, 5) is 109. The van der Waals surface area contributed by atoms with E-state index in [4.69, 9.17) is 37.7 Å². The van der Waals surface area contributed by atoms with Crippen LogP contribution in [-0.2, 0) is 71.0 Å². The van der Waals surface area contributed by atoms with E-state index in [1.165, 1.54) is 232 Å². The summed E-state index contributed by atoms with van der Waals surface area (Å²) < 4.78 is 61.7. The van der Waals surface area contributed by atoms with Crippen molar-refractivity contribution in [2.24, 2.45) is 0 Å². The van der Waals surface area contributed by atoms with Crippen molar-refractivity contribution in [1.29, 1.82) is 0 Å². The lowest BCUT2D eigenvalue weighted by molar-refractivity contribution is -0.297. The highest BCUT2D eigenvalue weighted by Crippen LogP contribution is 2.43. The first kappa shape index (κ1) is 128. The fraction of sp³-hybridized carbons (Fsp3) is 0.944. The predicted octanol–water partition coefficient (Wildman–Crippen LogP) is 26.0. The second kappa shape index (κ2) is 89.9. The number of aliphatic hydroxyl groups is 4. The molecule has 786 valence electrons. The lowest BCUT2D eigenvalue weighted by atomic mass is 9.95. The van der Waals surface area contributed by atoms with Gasteiger partial charge < -0.3 is 78.9 Å². The van der Waals surface area contributed by atoms with Gasteiger partial charge in [0.05, 0.1) is 32.5 Å².